The number of allylic oxidation sites excluding steroid dienone is 1. The summed E-state index contributed by atoms with van der Waals surface area (Å²) in [5, 5.41) is 1.17. The van der Waals surface area contributed by atoms with E-state index in [9.17, 15) is 8.78 Å². The van der Waals surface area contributed by atoms with Crippen LogP contribution in [0.3, 0.4) is 0 Å². The third-order valence-corrected chi connectivity index (χ3v) is 7.94. The lowest BCUT2D eigenvalue weighted by atomic mass is 9.86. The van der Waals surface area contributed by atoms with Gasteiger partial charge in [-0.05, 0) is 109 Å². The van der Waals surface area contributed by atoms with Crippen molar-refractivity contribution in [2.24, 2.45) is 5.92 Å². The van der Waals surface area contributed by atoms with Crippen LogP contribution in [0, 0.1) is 18.7 Å². The van der Waals surface area contributed by atoms with Gasteiger partial charge in [-0.25, -0.2) is 4.39 Å². The van der Waals surface area contributed by atoms with Gasteiger partial charge in [0.1, 0.15) is 5.82 Å². The van der Waals surface area contributed by atoms with Crippen molar-refractivity contribution < 1.29 is 8.78 Å². The highest BCUT2D eigenvalue weighted by Gasteiger charge is 2.22. The third-order valence-electron chi connectivity index (χ3n) is 7.94. The zero-order chi connectivity index (χ0) is 27.2. The van der Waals surface area contributed by atoms with Crippen LogP contribution in [0.1, 0.15) is 60.4 Å². The lowest BCUT2D eigenvalue weighted by Gasteiger charge is -2.18. The van der Waals surface area contributed by atoms with Crippen molar-refractivity contribution in [3.05, 3.63) is 113 Å². The molecule has 2 nitrogen and oxygen atoms in total. The summed E-state index contributed by atoms with van der Waals surface area (Å²) in [7, 11) is 0. The van der Waals surface area contributed by atoms with Crippen molar-refractivity contribution >= 4 is 22.0 Å². The van der Waals surface area contributed by atoms with E-state index < -0.39 is 0 Å². The van der Waals surface area contributed by atoms with E-state index in [4.69, 9.17) is 0 Å². The second-order valence-electron chi connectivity index (χ2n) is 11.0. The Kier molecular flexibility index (Phi) is 8.83. The van der Waals surface area contributed by atoms with Crippen LogP contribution in [0.5, 0.6) is 0 Å². The first-order valence-corrected chi connectivity index (χ1v) is 14.2. The zero-order valence-electron chi connectivity index (χ0n) is 23.1. The standard InChI is InChI=1S/C27H22FN.C8H16FN/c1-18-10-12-19(13-11-18)27-22-15-14-21(28)17-20(22)5-2-7-25(27)23-6-3-9-26-24(23)8-4-16-29-26;1-8-3-6-10(7-8)5-2-4-9/h3-4,6,8-17H,2,5,7H2,1H3;8H,2-7H2,1H3. The van der Waals surface area contributed by atoms with Crippen LogP contribution in [0.2, 0.25) is 0 Å². The number of aryl methyl sites for hydroxylation is 2. The van der Waals surface area contributed by atoms with Gasteiger partial charge in [-0.2, -0.15) is 0 Å². The number of benzene rings is 3. The minimum atomic E-state index is -0.162. The maximum Gasteiger partial charge on any atom is 0.123 e. The molecule has 0 N–H and O–H groups in total. The van der Waals surface area contributed by atoms with Crippen molar-refractivity contribution in [1.29, 1.82) is 0 Å². The Hall–Kier alpha value is -3.37. The van der Waals surface area contributed by atoms with Gasteiger partial charge in [-0.15, -0.1) is 0 Å². The van der Waals surface area contributed by atoms with E-state index in [1.807, 2.05) is 18.3 Å². The van der Waals surface area contributed by atoms with Gasteiger partial charge in [0, 0.05) is 24.7 Å². The summed E-state index contributed by atoms with van der Waals surface area (Å²) in [6.45, 7) is 7.52. The van der Waals surface area contributed by atoms with Crippen molar-refractivity contribution in [2.75, 3.05) is 26.3 Å². The van der Waals surface area contributed by atoms with Crippen LogP contribution in [0.15, 0.2) is 79.0 Å². The normalized spacial score (nSPS) is 17.5. The number of rotatable bonds is 5. The maximum absolute atomic E-state index is 14.0. The Bertz CT molecular complexity index is 1440. The molecule has 1 fully saturated rings. The monoisotopic (exact) mass is 524 g/mol. The summed E-state index contributed by atoms with van der Waals surface area (Å²) in [6.07, 6.45) is 6.69. The van der Waals surface area contributed by atoms with Crippen LogP contribution in [-0.2, 0) is 6.42 Å². The molecule has 0 bridgehead atoms. The molecule has 6 rings (SSSR count). The first-order valence-electron chi connectivity index (χ1n) is 14.2. The quantitative estimate of drug-likeness (QED) is 0.260. The Balaban J connectivity index is 0.000000261. The van der Waals surface area contributed by atoms with Crippen LogP contribution >= 0.6 is 0 Å². The minimum Gasteiger partial charge on any atom is -0.303 e. The van der Waals surface area contributed by atoms with Gasteiger partial charge in [-0.3, -0.25) is 9.37 Å². The van der Waals surface area contributed by atoms with Crippen molar-refractivity contribution in [2.45, 2.75) is 46.0 Å². The lowest BCUT2D eigenvalue weighted by Crippen LogP contribution is -2.21. The lowest BCUT2D eigenvalue weighted by molar-refractivity contribution is 0.304. The Labute approximate surface area is 231 Å². The molecular formula is C35H38F2N2. The number of alkyl halides is 1. The molecule has 39 heavy (non-hydrogen) atoms. The number of nitrogens with zero attached hydrogens (tertiary/aromatic N) is 2. The van der Waals surface area contributed by atoms with E-state index in [0.717, 1.165) is 48.4 Å². The first-order chi connectivity index (χ1) is 19.0. The molecule has 2 aliphatic rings. The number of halogens is 2. The first kappa shape index (κ1) is 27.2. The molecule has 1 atom stereocenters. The largest absolute Gasteiger partial charge is 0.303 e. The number of hydrogen-bond donors (Lipinski definition) is 0. The number of likely N-dealkylation sites (tertiary alicyclic amines) is 1. The summed E-state index contributed by atoms with van der Waals surface area (Å²) < 4.78 is 25.7. The van der Waals surface area contributed by atoms with Gasteiger partial charge in [-0.1, -0.05) is 61.0 Å². The van der Waals surface area contributed by atoms with E-state index in [2.05, 4.69) is 72.3 Å². The van der Waals surface area contributed by atoms with E-state index in [0.29, 0.717) is 6.42 Å². The summed E-state index contributed by atoms with van der Waals surface area (Å²) in [6, 6.07) is 24.4. The average Bonchev–Trinajstić information content (AvgIpc) is 3.28. The van der Waals surface area contributed by atoms with Crippen molar-refractivity contribution in [3.8, 4) is 0 Å². The molecule has 0 saturated carbocycles. The SMILES string of the molecule is CC1CCN(CCCF)C1.Cc1ccc(C2=C(c3cccc4ncccc34)CCCc3cc(F)ccc32)cc1. The zero-order valence-corrected chi connectivity index (χ0v) is 23.1. The molecule has 202 valence electrons. The third kappa shape index (κ3) is 6.45. The van der Waals surface area contributed by atoms with Gasteiger partial charge < -0.3 is 4.90 Å². The molecule has 3 aromatic carbocycles. The number of pyridine rings is 1. The molecule has 0 radical (unpaired) electrons. The topological polar surface area (TPSA) is 16.1 Å². The average molecular weight is 525 g/mol. The molecule has 1 unspecified atom stereocenters. The number of hydrogen-bond acceptors (Lipinski definition) is 2. The fourth-order valence-electron chi connectivity index (χ4n) is 5.95. The smallest absolute Gasteiger partial charge is 0.123 e. The molecule has 4 aromatic rings. The van der Waals surface area contributed by atoms with E-state index in [1.54, 1.807) is 12.1 Å². The van der Waals surface area contributed by atoms with Crippen LogP contribution in [0.4, 0.5) is 8.78 Å². The second-order valence-corrected chi connectivity index (χ2v) is 11.0. The summed E-state index contributed by atoms with van der Waals surface area (Å²) in [4.78, 5) is 6.90. The fraction of sp³-hybridized carbons (Fsp3) is 0.343. The molecule has 2 heterocycles. The Morgan fingerprint density at radius 3 is 2.56 bits per heavy atom. The van der Waals surface area contributed by atoms with Crippen molar-refractivity contribution in [1.82, 2.24) is 9.88 Å². The Morgan fingerprint density at radius 2 is 1.79 bits per heavy atom. The summed E-state index contributed by atoms with van der Waals surface area (Å²) in [5.74, 6) is 0.671. The molecule has 1 aliphatic carbocycles. The van der Waals surface area contributed by atoms with Gasteiger partial charge in [0.25, 0.3) is 0 Å². The summed E-state index contributed by atoms with van der Waals surface area (Å²) >= 11 is 0. The second kappa shape index (κ2) is 12.7. The highest BCUT2D eigenvalue weighted by molar-refractivity contribution is 6.05. The molecule has 4 heteroatoms. The van der Waals surface area contributed by atoms with Crippen molar-refractivity contribution in [3.63, 3.8) is 0 Å². The maximum atomic E-state index is 14.0. The minimum absolute atomic E-state index is 0.162. The van der Waals surface area contributed by atoms with Gasteiger partial charge in [0.15, 0.2) is 0 Å². The Morgan fingerprint density at radius 1 is 0.949 bits per heavy atom. The van der Waals surface area contributed by atoms with Crippen LogP contribution < -0.4 is 0 Å². The summed E-state index contributed by atoms with van der Waals surface area (Å²) in [5.41, 5.74) is 9.41. The van der Waals surface area contributed by atoms with Gasteiger partial charge in [0.05, 0.1) is 12.2 Å². The molecule has 1 aliphatic heterocycles. The highest BCUT2D eigenvalue weighted by Crippen LogP contribution is 2.41. The molecule has 0 amide bonds. The molecule has 1 aromatic heterocycles. The van der Waals surface area contributed by atoms with E-state index in [-0.39, 0.29) is 12.5 Å². The highest BCUT2D eigenvalue weighted by atomic mass is 19.1. The van der Waals surface area contributed by atoms with E-state index in [1.165, 1.54) is 52.7 Å². The van der Waals surface area contributed by atoms with Gasteiger partial charge >= 0.3 is 0 Å². The number of fused-ring (bicyclic) bond motifs is 2. The predicted octanol–water partition coefficient (Wildman–Crippen LogP) is 8.67. The van der Waals surface area contributed by atoms with Crippen LogP contribution in [0.25, 0.3) is 22.0 Å². The molecular weight excluding hydrogens is 486 g/mol. The molecule has 1 saturated heterocycles. The number of aromatic nitrogens is 1. The predicted molar refractivity (Wildman–Crippen MR) is 159 cm³/mol. The van der Waals surface area contributed by atoms with Gasteiger partial charge in [0.2, 0.25) is 0 Å². The van der Waals surface area contributed by atoms with Crippen LogP contribution in [-0.4, -0.2) is 36.2 Å². The molecule has 0 spiro atoms. The fourth-order valence-corrected chi connectivity index (χ4v) is 5.95. The van der Waals surface area contributed by atoms with E-state index >= 15 is 0 Å².